The lowest BCUT2D eigenvalue weighted by Crippen LogP contribution is -3.04. The second-order valence-corrected chi connectivity index (χ2v) is 8.57. The van der Waals surface area contributed by atoms with Gasteiger partial charge in [-0.2, -0.15) is 0 Å². The molecule has 164 valence electrons. The van der Waals surface area contributed by atoms with E-state index in [0.29, 0.717) is 17.4 Å². The molecule has 1 heterocycles. The standard InChI is InChI=1S/C23H27ClN4O3/c1-14(2)17-11-18(24)15(3)10-20(17)31-12-21(29)25-26-22-16-8-6-7-9-19(16)28(23(22)30)13-27(4)5/h6-11,14,30H,12-13H2,1-5H3/p+1. The van der Waals surface area contributed by atoms with Crippen molar-refractivity contribution in [3.05, 3.63) is 52.5 Å². The van der Waals surface area contributed by atoms with Gasteiger partial charge in [0.05, 0.1) is 19.6 Å². The fourth-order valence-corrected chi connectivity index (χ4v) is 3.54. The van der Waals surface area contributed by atoms with Crippen LogP contribution in [0.1, 0.15) is 30.9 Å². The summed E-state index contributed by atoms with van der Waals surface area (Å²) in [6.07, 6.45) is 0. The van der Waals surface area contributed by atoms with Crippen LogP contribution in [0.5, 0.6) is 11.6 Å². The number of hydrogen-bond donors (Lipinski definition) is 2. The summed E-state index contributed by atoms with van der Waals surface area (Å²) in [5.74, 6) is 0.229. The predicted molar refractivity (Wildman–Crippen MR) is 122 cm³/mol. The monoisotopic (exact) mass is 443 g/mol. The number of halogens is 1. The first-order chi connectivity index (χ1) is 14.7. The van der Waals surface area contributed by atoms with Crippen LogP contribution < -0.4 is 9.64 Å². The highest BCUT2D eigenvalue weighted by Gasteiger charge is 2.18. The Kier molecular flexibility index (Phi) is 6.97. The molecule has 0 unspecified atom stereocenters. The Balaban J connectivity index is 1.81. The Morgan fingerprint density at radius 1 is 1.26 bits per heavy atom. The number of aromatic nitrogens is 1. The molecular formula is C23H28ClN4O3+. The van der Waals surface area contributed by atoms with Crippen LogP contribution in [0.4, 0.5) is 5.69 Å². The molecule has 0 radical (unpaired) electrons. The lowest BCUT2D eigenvalue weighted by molar-refractivity contribution is -0.882. The minimum atomic E-state index is -0.545. The van der Waals surface area contributed by atoms with E-state index in [4.69, 9.17) is 16.3 Å². The number of hydrogen-bond acceptors (Lipinski definition) is 4. The largest absolute Gasteiger partial charge is 0.493 e. The van der Waals surface area contributed by atoms with Crippen molar-refractivity contribution in [2.24, 2.45) is 10.2 Å². The van der Waals surface area contributed by atoms with Gasteiger partial charge in [0, 0.05) is 10.4 Å². The van der Waals surface area contributed by atoms with E-state index in [-0.39, 0.29) is 24.1 Å². The number of nitrogens with zero attached hydrogens (tertiary/aromatic N) is 3. The molecule has 3 aromatic rings. The van der Waals surface area contributed by atoms with Gasteiger partial charge in [-0.25, -0.2) is 0 Å². The van der Waals surface area contributed by atoms with Gasteiger partial charge in [-0.3, -0.25) is 9.36 Å². The van der Waals surface area contributed by atoms with E-state index < -0.39 is 5.91 Å². The van der Waals surface area contributed by atoms with Crippen molar-refractivity contribution < 1.29 is 19.5 Å². The van der Waals surface area contributed by atoms with Crippen molar-refractivity contribution >= 4 is 34.1 Å². The Hall–Kier alpha value is -2.90. The third-order valence-corrected chi connectivity index (χ3v) is 5.32. The number of amides is 1. The maximum Gasteiger partial charge on any atom is 0.302 e. The molecule has 0 bridgehead atoms. The maximum absolute atomic E-state index is 12.4. The molecule has 31 heavy (non-hydrogen) atoms. The molecule has 0 fully saturated rings. The molecule has 2 N–H and O–H groups in total. The Morgan fingerprint density at radius 3 is 2.65 bits per heavy atom. The number of quaternary nitrogens is 1. The molecule has 0 saturated carbocycles. The molecule has 0 aliphatic rings. The lowest BCUT2D eigenvalue weighted by Gasteiger charge is -2.15. The number of rotatable bonds is 7. The van der Waals surface area contributed by atoms with Crippen LogP contribution in [0, 0.1) is 6.92 Å². The van der Waals surface area contributed by atoms with Gasteiger partial charge < -0.3 is 14.7 Å². The molecule has 8 heteroatoms. The highest BCUT2D eigenvalue weighted by molar-refractivity contribution is 6.31. The highest BCUT2D eigenvalue weighted by atomic mass is 35.5. The molecule has 3 rings (SSSR count). The van der Waals surface area contributed by atoms with E-state index >= 15 is 0 Å². The normalized spacial score (nSPS) is 11.9. The second kappa shape index (κ2) is 9.49. The number of azo groups is 1. The van der Waals surface area contributed by atoms with E-state index in [1.807, 2.05) is 71.3 Å². The van der Waals surface area contributed by atoms with Crippen LogP contribution in [-0.2, 0) is 11.5 Å². The minimum Gasteiger partial charge on any atom is -0.493 e. The quantitative estimate of drug-likeness (QED) is 0.536. The fourth-order valence-electron chi connectivity index (χ4n) is 3.37. The Labute approximate surface area is 186 Å². The van der Waals surface area contributed by atoms with Gasteiger partial charge in [0.15, 0.2) is 19.0 Å². The molecule has 0 saturated heterocycles. The van der Waals surface area contributed by atoms with Crippen molar-refractivity contribution in [3.63, 3.8) is 0 Å². The first-order valence-electron chi connectivity index (χ1n) is 10.2. The van der Waals surface area contributed by atoms with E-state index in [2.05, 4.69) is 10.2 Å². The molecule has 7 nitrogen and oxygen atoms in total. The zero-order valence-corrected chi connectivity index (χ0v) is 19.2. The van der Waals surface area contributed by atoms with Gasteiger partial charge in [0.25, 0.3) is 0 Å². The van der Waals surface area contributed by atoms with Crippen LogP contribution in [0.3, 0.4) is 0 Å². The number of carbonyl (C=O) groups excluding carboxylic acids is 1. The minimum absolute atomic E-state index is 0.0183. The summed E-state index contributed by atoms with van der Waals surface area (Å²) in [4.78, 5) is 13.5. The average Bonchev–Trinajstić information content (AvgIpc) is 2.97. The number of aryl methyl sites for hydroxylation is 1. The molecule has 0 aliphatic heterocycles. The van der Waals surface area contributed by atoms with Crippen LogP contribution >= 0.6 is 11.6 Å². The average molecular weight is 444 g/mol. The van der Waals surface area contributed by atoms with Crippen molar-refractivity contribution in [2.75, 3.05) is 20.7 Å². The van der Waals surface area contributed by atoms with Crippen molar-refractivity contribution in [2.45, 2.75) is 33.4 Å². The molecule has 2 aromatic carbocycles. The van der Waals surface area contributed by atoms with Crippen LogP contribution in [0.25, 0.3) is 10.9 Å². The zero-order chi connectivity index (χ0) is 22.7. The summed E-state index contributed by atoms with van der Waals surface area (Å²) in [6.45, 7) is 6.24. The third-order valence-electron chi connectivity index (χ3n) is 4.92. The van der Waals surface area contributed by atoms with E-state index in [1.165, 1.54) is 0 Å². The van der Waals surface area contributed by atoms with E-state index in [0.717, 1.165) is 26.9 Å². The van der Waals surface area contributed by atoms with Crippen LogP contribution in [0.2, 0.25) is 5.02 Å². The number of benzene rings is 2. The van der Waals surface area contributed by atoms with Crippen LogP contribution in [-0.4, -0.2) is 36.3 Å². The number of nitrogens with one attached hydrogen (secondary N) is 1. The number of aromatic hydroxyl groups is 1. The summed E-state index contributed by atoms with van der Waals surface area (Å²) in [6, 6.07) is 11.2. The van der Waals surface area contributed by atoms with Gasteiger partial charge in [0.1, 0.15) is 5.75 Å². The SMILES string of the molecule is Cc1cc(OCC(=O)N=Nc2c(O)n(C[NH+](C)C)c3ccccc23)c(C(C)C)cc1Cl. The van der Waals surface area contributed by atoms with Gasteiger partial charge in [-0.05, 0) is 42.2 Å². The van der Waals surface area contributed by atoms with E-state index in [9.17, 15) is 9.90 Å². The van der Waals surface area contributed by atoms with Gasteiger partial charge >= 0.3 is 5.91 Å². The Bertz CT molecular complexity index is 1140. The summed E-state index contributed by atoms with van der Waals surface area (Å²) in [5.41, 5.74) is 2.90. The predicted octanol–water partition coefficient (Wildman–Crippen LogP) is 4.22. The molecule has 1 amide bonds. The maximum atomic E-state index is 12.4. The number of para-hydroxylation sites is 1. The van der Waals surface area contributed by atoms with Crippen LogP contribution in [0.15, 0.2) is 46.6 Å². The lowest BCUT2D eigenvalue weighted by atomic mass is 10.0. The van der Waals surface area contributed by atoms with Crippen molar-refractivity contribution in [1.29, 1.82) is 0 Å². The zero-order valence-electron chi connectivity index (χ0n) is 18.4. The first kappa shape index (κ1) is 22.8. The fraction of sp³-hybridized carbons (Fsp3) is 0.348. The number of fused-ring (bicyclic) bond motifs is 1. The van der Waals surface area contributed by atoms with Gasteiger partial charge in [-0.15, -0.1) is 10.2 Å². The number of ether oxygens (including phenoxy) is 1. The van der Waals surface area contributed by atoms with Gasteiger partial charge in [0.2, 0.25) is 5.88 Å². The summed E-state index contributed by atoms with van der Waals surface area (Å²) >= 11 is 6.22. The number of carbonyl (C=O) groups is 1. The van der Waals surface area contributed by atoms with E-state index in [1.54, 1.807) is 4.57 Å². The topological polar surface area (TPSA) is 80.6 Å². The second-order valence-electron chi connectivity index (χ2n) is 8.16. The molecule has 0 spiro atoms. The first-order valence-corrected chi connectivity index (χ1v) is 10.5. The molecule has 0 aliphatic carbocycles. The van der Waals surface area contributed by atoms with Crippen molar-refractivity contribution in [3.8, 4) is 11.6 Å². The molecular weight excluding hydrogens is 416 g/mol. The molecule has 0 atom stereocenters. The van der Waals surface area contributed by atoms with Crippen molar-refractivity contribution in [1.82, 2.24) is 4.57 Å². The smallest absolute Gasteiger partial charge is 0.302 e. The van der Waals surface area contributed by atoms with Gasteiger partial charge in [-0.1, -0.05) is 43.6 Å². The Morgan fingerprint density at radius 2 is 1.97 bits per heavy atom. The molecule has 1 aromatic heterocycles. The summed E-state index contributed by atoms with van der Waals surface area (Å²) in [7, 11) is 3.97. The third kappa shape index (κ3) is 5.06. The summed E-state index contributed by atoms with van der Waals surface area (Å²) in [5, 5.41) is 19.9. The summed E-state index contributed by atoms with van der Waals surface area (Å²) < 4.78 is 7.48. The highest BCUT2D eigenvalue weighted by Crippen LogP contribution is 2.38.